The van der Waals surface area contributed by atoms with E-state index in [4.69, 9.17) is 9.47 Å². The lowest BCUT2D eigenvalue weighted by Crippen LogP contribution is -2.36. The second kappa shape index (κ2) is 4.20. The molecule has 1 saturated heterocycles. The third-order valence-electron chi connectivity index (χ3n) is 3.00. The van der Waals surface area contributed by atoms with Crippen molar-refractivity contribution in [1.29, 1.82) is 0 Å². The zero-order valence-electron chi connectivity index (χ0n) is 7.83. The van der Waals surface area contributed by atoms with E-state index in [1.165, 1.54) is 6.42 Å². The normalized spacial score (nSPS) is 32.0. The molecule has 0 aromatic rings. The Kier molecular flexibility index (Phi) is 2.96. The van der Waals surface area contributed by atoms with Crippen LogP contribution in [0.4, 0.5) is 0 Å². The molecule has 1 saturated carbocycles. The highest BCUT2D eigenvalue weighted by atomic mass is 16.7. The molecule has 0 aromatic carbocycles. The molecule has 74 valence electrons. The summed E-state index contributed by atoms with van der Waals surface area (Å²) in [4.78, 5) is 11.6. The average molecular weight is 184 g/mol. The molecule has 0 amide bonds. The van der Waals surface area contributed by atoms with Crippen LogP contribution in [0.1, 0.15) is 25.7 Å². The van der Waals surface area contributed by atoms with Gasteiger partial charge in [-0.3, -0.25) is 4.79 Å². The van der Waals surface area contributed by atoms with Crippen molar-refractivity contribution in [3.8, 4) is 0 Å². The smallest absolute Gasteiger partial charge is 0.146 e. The molecule has 0 spiro atoms. The van der Waals surface area contributed by atoms with E-state index in [9.17, 15) is 4.79 Å². The van der Waals surface area contributed by atoms with Gasteiger partial charge < -0.3 is 9.47 Å². The van der Waals surface area contributed by atoms with Crippen LogP contribution in [0.5, 0.6) is 0 Å². The second-order valence-electron chi connectivity index (χ2n) is 3.94. The lowest BCUT2D eigenvalue weighted by atomic mass is 9.79. The molecule has 0 N–H and O–H groups in total. The summed E-state index contributed by atoms with van der Waals surface area (Å²) >= 11 is 0. The van der Waals surface area contributed by atoms with E-state index < -0.39 is 0 Å². The first-order valence-electron chi connectivity index (χ1n) is 5.06. The summed E-state index contributed by atoms with van der Waals surface area (Å²) in [5.41, 5.74) is 0. The first kappa shape index (κ1) is 9.16. The number of carbonyl (C=O) groups is 1. The van der Waals surface area contributed by atoms with Gasteiger partial charge in [0.15, 0.2) is 0 Å². The van der Waals surface area contributed by atoms with Crippen LogP contribution in [0.3, 0.4) is 0 Å². The number of ether oxygens (including phenoxy) is 2. The molecule has 0 bridgehead atoms. The van der Waals surface area contributed by atoms with Gasteiger partial charge >= 0.3 is 0 Å². The Morgan fingerprint density at radius 3 is 2.62 bits per heavy atom. The van der Waals surface area contributed by atoms with Gasteiger partial charge in [0.1, 0.15) is 12.6 Å². The molecule has 0 aromatic heterocycles. The van der Waals surface area contributed by atoms with E-state index in [-0.39, 0.29) is 5.92 Å². The third-order valence-corrected chi connectivity index (χ3v) is 3.00. The molecule has 2 rings (SSSR count). The fourth-order valence-corrected chi connectivity index (χ4v) is 2.25. The quantitative estimate of drug-likeness (QED) is 0.617. The van der Waals surface area contributed by atoms with Crippen LogP contribution in [-0.4, -0.2) is 25.8 Å². The number of hydrogen-bond acceptors (Lipinski definition) is 3. The highest BCUT2D eigenvalue weighted by molar-refractivity contribution is 5.81. The van der Waals surface area contributed by atoms with E-state index in [2.05, 4.69) is 0 Å². The Labute approximate surface area is 78.4 Å². The molecule has 1 unspecified atom stereocenters. The molecule has 1 aliphatic heterocycles. The molecule has 3 heteroatoms. The van der Waals surface area contributed by atoms with Crippen molar-refractivity contribution in [3.05, 3.63) is 0 Å². The number of Topliss-reactive ketones (excluding diaryl/α,β-unsaturated/α-hetero) is 1. The SMILES string of the molecule is O=C1CCCCC1C1COCOC1. The molecule has 2 aliphatic rings. The van der Waals surface area contributed by atoms with Gasteiger partial charge in [-0.15, -0.1) is 0 Å². The summed E-state index contributed by atoms with van der Waals surface area (Å²) in [6.07, 6.45) is 4.06. The van der Waals surface area contributed by atoms with Gasteiger partial charge in [-0.05, 0) is 12.8 Å². The molecule has 0 radical (unpaired) electrons. The lowest BCUT2D eigenvalue weighted by molar-refractivity contribution is -0.151. The van der Waals surface area contributed by atoms with Crippen LogP contribution in [0.15, 0.2) is 0 Å². The van der Waals surface area contributed by atoms with Gasteiger partial charge in [-0.2, -0.15) is 0 Å². The zero-order chi connectivity index (χ0) is 9.10. The molecule has 1 heterocycles. The molecule has 3 nitrogen and oxygen atoms in total. The Morgan fingerprint density at radius 1 is 1.15 bits per heavy atom. The first-order chi connectivity index (χ1) is 6.38. The molecule has 2 fully saturated rings. The van der Waals surface area contributed by atoms with Crippen molar-refractivity contribution in [2.45, 2.75) is 25.7 Å². The number of ketones is 1. The highest BCUT2D eigenvalue weighted by Crippen LogP contribution is 2.28. The number of rotatable bonds is 1. The van der Waals surface area contributed by atoms with Crippen LogP contribution < -0.4 is 0 Å². The third kappa shape index (κ3) is 2.09. The maximum atomic E-state index is 11.6. The molecular weight excluding hydrogens is 168 g/mol. The van der Waals surface area contributed by atoms with Crippen LogP contribution in [0, 0.1) is 11.8 Å². The molecule has 1 aliphatic carbocycles. The predicted molar refractivity (Wildman–Crippen MR) is 47.2 cm³/mol. The van der Waals surface area contributed by atoms with Gasteiger partial charge in [0.05, 0.1) is 13.2 Å². The largest absolute Gasteiger partial charge is 0.355 e. The summed E-state index contributed by atoms with van der Waals surface area (Å²) < 4.78 is 10.4. The van der Waals surface area contributed by atoms with Gasteiger partial charge in [-0.25, -0.2) is 0 Å². The fourth-order valence-electron chi connectivity index (χ4n) is 2.25. The minimum atomic E-state index is 0.217. The fraction of sp³-hybridized carbons (Fsp3) is 0.900. The summed E-state index contributed by atoms with van der Waals surface area (Å²) in [7, 11) is 0. The summed E-state index contributed by atoms with van der Waals surface area (Å²) in [5, 5.41) is 0. The van der Waals surface area contributed by atoms with E-state index in [0.29, 0.717) is 31.7 Å². The summed E-state index contributed by atoms with van der Waals surface area (Å²) in [6, 6.07) is 0. The number of carbonyl (C=O) groups excluding carboxylic acids is 1. The molecular formula is C10H16O3. The van der Waals surface area contributed by atoms with Crippen LogP contribution >= 0.6 is 0 Å². The average Bonchev–Trinajstić information content (AvgIpc) is 2.20. The van der Waals surface area contributed by atoms with E-state index in [1.807, 2.05) is 0 Å². The first-order valence-corrected chi connectivity index (χ1v) is 5.06. The van der Waals surface area contributed by atoms with Gasteiger partial charge in [0.25, 0.3) is 0 Å². The summed E-state index contributed by atoms with van der Waals surface area (Å²) in [5.74, 6) is 0.959. The van der Waals surface area contributed by atoms with Crippen LogP contribution in [0.25, 0.3) is 0 Å². The van der Waals surface area contributed by atoms with Crippen molar-refractivity contribution >= 4 is 5.78 Å². The maximum absolute atomic E-state index is 11.6. The molecule has 1 atom stereocenters. The van der Waals surface area contributed by atoms with Crippen LogP contribution in [0.2, 0.25) is 0 Å². The van der Waals surface area contributed by atoms with Crippen molar-refractivity contribution in [1.82, 2.24) is 0 Å². The van der Waals surface area contributed by atoms with E-state index in [0.717, 1.165) is 19.3 Å². The lowest BCUT2D eigenvalue weighted by Gasteiger charge is -2.31. The summed E-state index contributed by atoms with van der Waals surface area (Å²) in [6.45, 7) is 1.81. The van der Waals surface area contributed by atoms with Gasteiger partial charge in [-0.1, -0.05) is 6.42 Å². The van der Waals surface area contributed by atoms with Crippen molar-refractivity contribution in [3.63, 3.8) is 0 Å². The minimum Gasteiger partial charge on any atom is -0.355 e. The standard InChI is InChI=1S/C10H16O3/c11-10-4-2-1-3-9(10)8-5-12-7-13-6-8/h8-9H,1-7H2. The molecule has 13 heavy (non-hydrogen) atoms. The second-order valence-corrected chi connectivity index (χ2v) is 3.94. The Balaban J connectivity index is 1.92. The van der Waals surface area contributed by atoms with Crippen molar-refractivity contribution < 1.29 is 14.3 Å². The van der Waals surface area contributed by atoms with Crippen molar-refractivity contribution in [2.24, 2.45) is 11.8 Å². The van der Waals surface area contributed by atoms with E-state index >= 15 is 0 Å². The van der Waals surface area contributed by atoms with Crippen molar-refractivity contribution in [2.75, 3.05) is 20.0 Å². The Morgan fingerprint density at radius 2 is 1.92 bits per heavy atom. The Bertz CT molecular complexity index is 185. The van der Waals surface area contributed by atoms with Gasteiger partial charge in [0, 0.05) is 18.3 Å². The zero-order valence-corrected chi connectivity index (χ0v) is 7.83. The topological polar surface area (TPSA) is 35.5 Å². The predicted octanol–water partition coefficient (Wildman–Crippen LogP) is 1.37. The maximum Gasteiger partial charge on any atom is 0.146 e. The minimum absolute atomic E-state index is 0.217. The highest BCUT2D eigenvalue weighted by Gasteiger charge is 2.31. The monoisotopic (exact) mass is 184 g/mol. The van der Waals surface area contributed by atoms with Gasteiger partial charge in [0.2, 0.25) is 0 Å². The van der Waals surface area contributed by atoms with Crippen LogP contribution in [-0.2, 0) is 14.3 Å². The van der Waals surface area contributed by atoms with E-state index in [1.54, 1.807) is 0 Å². The Hall–Kier alpha value is -0.410. The number of hydrogen-bond donors (Lipinski definition) is 0.